The first-order chi connectivity index (χ1) is 24.7. The summed E-state index contributed by atoms with van der Waals surface area (Å²) in [6.45, 7) is 4.67. The number of rotatable bonds is 13. The van der Waals surface area contributed by atoms with Gasteiger partial charge in [0.1, 0.15) is 12.1 Å². The molecule has 0 aliphatic carbocycles. The average Bonchev–Trinajstić information content (AvgIpc) is 3.14. The zero-order valence-electron chi connectivity index (χ0n) is 29.3. The molecule has 0 saturated carbocycles. The van der Waals surface area contributed by atoms with Crippen LogP contribution in [-0.4, -0.2) is 54.2 Å². The number of carbonyl (C=O) groups excluding carboxylic acids is 4. The summed E-state index contributed by atoms with van der Waals surface area (Å²) in [4.78, 5) is 55.3. The first-order valence-electron chi connectivity index (χ1n) is 17.8. The molecule has 51 heavy (non-hydrogen) atoms. The van der Waals surface area contributed by atoms with Gasteiger partial charge in [-0.3, -0.25) is 19.2 Å². The van der Waals surface area contributed by atoms with Crippen LogP contribution in [0, 0.1) is 5.92 Å². The third-order valence-electron chi connectivity index (χ3n) is 10.1. The van der Waals surface area contributed by atoms with Gasteiger partial charge in [-0.05, 0) is 78.0 Å². The molecule has 1 saturated heterocycles. The molecule has 3 unspecified atom stereocenters. The summed E-state index contributed by atoms with van der Waals surface area (Å²) in [6.07, 6.45) is 2.11. The number of Topliss-reactive ketones (excluding diaryl/α,β-unsaturated/α-hetero) is 1. The van der Waals surface area contributed by atoms with Crippen molar-refractivity contribution in [2.45, 2.75) is 63.6 Å². The van der Waals surface area contributed by atoms with Crippen molar-refractivity contribution in [3.8, 4) is 0 Å². The maximum atomic E-state index is 14.4. The highest BCUT2D eigenvalue weighted by atomic mass is 16.2. The van der Waals surface area contributed by atoms with Crippen molar-refractivity contribution in [3.05, 3.63) is 132 Å². The highest BCUT2D eigenvalue weighted by molar-refractivity contribution is 5.96. The zero-order chi connectivity index (χ0) is 35.8. The van der Waals surface area contributed by atoms with E-state index in [9.17, 15) is 19.2 Å². The molecule has 8 heteroatoms. The van der Waals surface area contributed by atoms with Gasteiger partial charge in [0.25, 0.3) is 0 Å². The Balaban J connectivity index is 1.29. The number of carbonyl (C=O) groups is 4. The standard InChI is InChI=1S/C43H46N4O4/c1-29(48)43(2,28-30-10-4-3-5-11-30)47-42(51)39(27-32-17-19-34-13-7-9-15-37(34)25-32)46-41(50)38(45-40(49)35-20-22-44-23-21-35)26-31-16-18-33-12-6-8-14-36(33)24-31/h3-19,24-25,35,38-39,44H,20-23,26-28H2,1-2H3,(H,45,49)(H,46,50)(H,47,51). The number of piperidine rings is 1. The molecular weight excluding hydrogens is 636 g/mol. The molecule has 0 spiro atoms. The first kappa shape index (κ1) is 35.5. The van der Waals surface area contributed by atoms with Gasteiger partial charge in [-0.25, -0.2) is 0 Å². The summed E-state index contributed by atoms with van der Waals surface area (Å²) in [5.74, 6) is -1.50. The lowest BCUT2D eigenvalue weighted by atomic mass is 9.88. The van der Waals surface area contributed by atoms with Crippen molar-refractivity contribution in [2.75, 3.05) is 13.1 Å². The van der Waals surface area contributed by atoms with Crippen LogP contribution < -0.4 is 21.3 Å². The average molecular weight is 683 g/mol. The molecule has 1 aliphatic heterocycles. The molecule has 5 aromatic rings. The van der Waals surface area contributed by atoms with Crippen molar-refractivity contribution < 1.29 is 19.2 Å². The van der Waals surface area contributed by atoms with E-state index in [2.05, 4.69) is 21.3 Å². The molecule has 6 rings (SSSR count). The van der Waals surface area contributed by atoms with Gasteiger partial charge in [-0.1, -0.05) is 115 Å². The van der Waals surface area contributed by atoms with Gasteiger partial charge in [0.15, 0.2) is 5.78 Å². The molecule has 0 bridgehead atoms. The Morgan fingerprint density at radius 2 is 1.16 bits per heavy atom. The van der Waals surface area contributed by atoms with E-state index in [1.807, 2.05) is 115 Å². The van der Waals surface area contributed by atoms with Crippen LogP contribution in [0.2, 0.25) is 0 Å². The molecule has 0 radical (unpaired) electrons. The summed E-state index contributed by atoms with van der Waals surface area (Å²) in [7, 11) is 0. The van der Waals surface area contributed by atoms with Crippen LogP contribution in [0.4, 0.5) is 0 Å². The van der Waals surface area contributed by atoms with E-state index in [0.29, 0.717) is 19.3 Å². The van der Waals surface area contributed by atoms with Crippen molar-refractivity contribution in [1.29, 1.82) is 0 Å². The van der Waals surface area contributed by atoms with Crippen molar-refractivity contribution in [1.82, 2.24) is 21.3 Å². The predicted octanol–water partition coefficient (Wildman–Crippen LogP) is 5.45. The van der Waals surface area contributed by atoms with E-state index in [1.165, 1.54) is 6.92 Å². The van der Waals surface area contributed by atoms with Gasteiger partial charge < -0.3 is 21.3 Å². The SMILES string of the molecule is CC(=O)C(C)(Cc1ccccc1)NC(=O)C(Cc1ccc2ccccc2c1)NC(=O)C(Cc1ccc2ccccc2c1)NC(=O)C1CCNCC1. The largest absolute Gasteiger partial charge is 0.344 e. The molecule has 8 nitrogen and oxygen atoms in total. The lowest BCUT2D eigenvalue weighted by Crippen LogP contribution is -2.60. The topological polar surface area (TPSA) is 116 Å². The fraction of sp³-hybridized carbons (Fsp3) is 0.302. The fourth-order valence-corrected chi connectivity index (χ4v) is 6.89. The third-order valence-corrected chi connectivity index (χ3v) is 10.1. The minimum Gasteiger partial charge on any atom is -0.344 e. The van der Waals surface area contributed by atoms with Crippen LogP contribution in [-0.2, 0) is 38.4 Å². The molecule has 3 atom stereocenters. The summed E-state index contributed by atoms with van der Waals surface area (Å²) < 4.78 is 0. The Hall–Kier alpha value is -5.34. The number of nitrogens with one attached hydrogen (secondary N) is 4. The summed E-state index contributed by atoms with van der Waals surface area (Å²) in [5.41, 5.74) is 1.44. The Morgan fingerprint density at radius 1 is 0.647 bits per heavy atom. The smallest absolute Gasteiger partial charge is 0.243 e. The number of amides is 3. The van der Waals surface area contributed by atoms with E-state index in [1.54, 1.807) is 6.92 Å². The van der Waals surface area contributed by atoms with Crippen LogP contribution in [0.5, 0.6) is 0 Å². The molecule has 1 heterocycles. The number of ketones is 1. The summed E-state index contributed by atoms with van der Waals surface area (Å²) in [6, 6.07) is 35.5. The highest BCUT2D eigenvalue weighted by Crippen LogP contribution is 2.21. The Labute approximate surface area is 299 Å². The monoisotopic (exact) mass is 682 g/mol. The summed E-state index contributed by atoms with van der Waals surface area (Å²) >= 11 is 0. The molecule has 4 N–H and O–H groups in total. The molecule has 1 aliphatic rings. The minimum atomic E-state index is -1.21. The Morgan fingerprint density at radius 3 is 1.71 bits per heavy atom. The quantitative estimate of drug-likeness (QED) is 0.132. The second kappa shape index (κ2) is 16.1. The first-order valence-corrected chi connectivity index (χ1v) is 17.8. The molecule has 3 amide bonds. The zero-order valence-corrected chi connectivity index (χ0v) is 29.3. The van der Waals surface area contributed by atoms with E-state index < -0.39 is 29.4 Å². The van der Waals surface area contributed by atoms with Gasteiger partial charge in [0.05, 0.1) is 5.54 Å². The van der Waals surface area contributed by atoms with Crippen LogP contribution in [0.1, 0.15) is 43.4 Å². The summed E-state index contributed by atoms with van der Waals surface area (Å²) in [5, 5.41) is 16.6. The second-order valence-electron chi connectivity index (χ2n) is 14.0. The lowest BCUT2D eigenvalue weighted by Gasteiger charge is -2.31. The van der Waals surface area contributed by atoms with E-state index in [-0.39, 0.29) is 30.4 Å². The van der Waals surface area contributed by atoms with E-state index >= 15 is 0 Å². The van der Waals surface area contributed by atoms with Gasteiger partial charge in [-0.2, -0.15) is 0 Å². The van der Waals surface area contributed by atoms with Gasteiger partial charge in [-0.15, -0.1) is 0 Å². The van der Waals surface area contributed by atoms with Crippen LogP contribution in [0.15, 0.2) is 115 Å². The lowest BCUT2D eigenvalue weighted by molar-refractivity contribution is -0.135. The second-order valence-corrected chi connectivity index (χ2v) is 14.0. The Bertz CT molecular complexity index is 2020. The fourth-order valence-electron chi connectivity index (χ4n) is 6.89. The van der Waals surface area contributed by atoms with E-state index in [4.69, 9.17) is 0 Å². The van der Waals surface area contributed by atoms with Gasteiger partial charge in [0.2, 0.25) is 17.7 Å². The predicted molar refractivity (Wildman–Crippen MR) is 202 cm³/mol. The normalized spacial score (nSPS) is 15.7. The van der Waals surface area contributed by atoms with Crippen molar-refractivity contribution in [3.63, 3.8) is 0 Å². The molecule has 1 fully saturated rings. The van der Waals surface area contributed by atoms with Crippen LogP contribution in [0.3, 0.4) is 0 Å². The maximum absolute atomic E-state index is 14.4. The third kappa shape index (κ3) is 9.07. The van der Waals surface area contributed by atoms with Crippen molar-refractivity contribution in [2.24, 2.45) is 5.92 Å². The van der Waals surface area contributed by atoms with Gasteiger partial charge >= 0.3 is 0 Å². The number of hydrogen-bond acceptors (Lipinski definition) is 5. The molecule has 0 aromatic heterocycles. The van der Waals surface area contributed by atoms with E-state index in [0.717, 1.165) is 51.3 Å². The molecule has 5 aromatic carbocycles. The van der Waals surface area contributed by atoms with Crippen LogP contribution in [0.25, 0.3) is 21.5 Å². The molecular formula is C43H46N4O4. The minimum absolute atomic E-state index is 0.167. The molecule has 262 valence electrons. The van der Waals surface area contributed by atoms with Crippen molar-refractivity contribution >= 4 is 45.0 Å². The van der Waals surface area contributed by atoms with Gasteiger partial charge in [0, 0.05) is 25.2 Å². The highest BCUT2D eigenvalue weighted by Gasteiger charge is 2.36. The van der Waals surface area contributed by atoms with Crippen LogP contribution >= 0.6 is 0 Å². The number of fused-ring (bicyclic) bond motifs is 2. The number of benzene rings is 5. The maximum Gasteiger partial charge on any atom is 0.243 e. The Kier molecular flexibility index (Phi) is 11.2. The number of hydrogen-bond donors (Lipinski definition) is 4.